The maximum Gasteiger partial charge on any atom is 0.248 e. The van der Waals surface area contributed by atoms with E-state index in [0.717, 1.165) is 11.3 Å². The van der Waals surface area contributed by atoms with Gasteiger partial charge in [-0.05, 0) is 36.4 Å². The van der Waals surface area contributed by atoms with E-state index < -0.39 is 0 Å². The van der Waals surface area contributed by atoms with Crippen LogP contribution in [0.15, 0.2) is 40.8 Å². The molecule has 0 spiro atoms. The summed E-state index contributed by atoms with van der Waals surface area (Å²) in [6, 6.07) is 10.9. The van der Waals surface area contributed by atoms with Gasteiger partial charge in [0.05, 0.1) is 28.4 Å². The Morgan fingerprint density at radius 3 is 1.72 bits per heavy atom. The molecule has 0 aliphatic rings. The number of hydrogen-bond donors (Lipinski definition) is 0. The van der Waals surface area contributed by atoms with Crippen molar-refractivity contribution in [2.24, 2.45) is 0 Å². The predicted molar refractivity (Wildman–Crippen MR) is 91.4 cm³/mol. The molecule has 3 aromatic rings. The fraction of sp³-hybridized carbons (Fsp3) is 0.222. The van der Waals surface area contributed by atoms with E-state index in [9.17, 15) is 0 Å². The van der Waals surface area contributed by atoms with Crippen LogP contribution in [0.3, 0.4) is 0 Å². The number of nitrogens with zero attached hydrogens (tertiary/aromatic N) is 2. The molecule has 0 atom stereocenters. The third-order valence-corrected chi connectivity index (χ3v) is 3.67. The van der Waals surface area contributed by atoms with Crippen LogP contribution in [0.2, 0.25) is 0 Å². The zero-order chi connectivity index (χ0) is 17.8. The maximum absolute atomic E-state index is 5.79. The molecule has 2 aromatic carbocycles. The Labute approximate surface area is 145 Å². The lowest BCUT2D eigenvalue weighted by atomic mass is 10.2. The highest BCUT2D eigenvalue weighted by atomic mass is 16.5. The van der Waals surface area contributed by atoms with Crippen molar-refractivity contribution in [3.63, 3.8) is 0 Å². The monoisotopic (exact) mass is 342 g/mol. The normalized spacial score (nSPS) is 10.4. The Morgan fingerprint density at radius 2 is 1.24 bits per heavy atom. The molecule has 0 bridgehead atoms. The molecule has 130 valence electrons. The topological polar surface area (TPSA) is 75.8 Å². The van der Waals surface area contributed by atoms with E-state index in [0.29, 0.717) is 34.6 Å². The van der Waals surface area contributed by atoms with E-state index in [1.165, 1.54) is 0 Å². The third kappa shape index (κ3) is 3.21. The number of hydrogen-bond acceptors (Lipinski definition) is 7. The molecule has 1 heterocycles. The molecule has 0 aliphatic carbocycles. The summed E-state index contributed by atoms with van der Waals surface area (Å²) in [6.45, 7) is 0. The number of benzene rings is 2. The first-order valence-electron chi connectivity index (χ1n) is 7.48. The van der Waals surface area contributed by atoms with Crippen LogP contribution >= 0.6 is 0 Å². The molecule has 1 aromatic heterocycles. The molecule has 0 N–H and O–H groups in total. The van der Waals surface area contributed by atoms with Gasteiger partial charge in [-0.1, -0.05) is 0 Å². The minimum atomic E-state index is 0.352. The second-order valence-corrected chi connectivity index (χ2v) is 5.05. The summed E-state index contributed by atoms with van der Waals surface area (Å²) >= 11 is 0. The van der Waals surface area contributed by atoms with Crippen molar-refractivity contribution in [2.75, 3.05) is 28.4 Å². The van der Waals surface area contributed by atoms with Crippen molar-refractivity contribution in [2.45, 2.75) is 0 Å². The lowest BCUT2D eigenvalue weighted by Gasteiger charge is -2.12. The molecule has 0 saturated heterocycles. The van der Waals surface area contributed by atoms with E-state index in [2.05, 4.69) is 10.2 Å². The lowest BCUT2D eigenvalue weighted by Crippen LogP contribution is -1.95. The summed E-state index contributed by atoms with van der Waals surface area (Å²) in [6.07, 6.45) is 0. The Balaban J connectivity index is 1.98. The average Bonchev–Trinajstić information content (AvgIpc) is 3.17. The van der Waals surface area contributed by atoms with Gasteiger partial charge in [-0.15, -0.1) is 10.2 Å². The van der Waals surface area contributed by atoms with Gasteiger partial charge in [-0.25, -0.2) is 0 Å². The molecule has 0 fully saturated rings. The predicted octanol–water partition coefficient (Wildman–Crippen LogP) is 3.44. The Morgan fingerprint density at radius 1 is 0.680 bits per heavy atom. The maximum atomic E-state index is 5.79. The largest absolute Gasteiger partial charge is 0.497 e. The van der Waals surface area contributed by atoms with Crippen LogP contribution in [-0.2, 0) is 0 Å². The second kappa shape index (κ2) is 7.12. The summed E-state index contributed by atoms with van der Waals surface area (Å²) in [4.78, 5) is 0. The van der Waals surface area contributed by atoms with Gasteiger partial charge < -0.3 is 23.4 Å². The SMILES string of the molecule is COc1ccc(-c2nnc(-c3cc(OC)c(OC)c(OC)c3)o2)cc1. The van der Waals surface area contributed by atoms with Crippen LogP contribution in [0.4, 0.5) is 0 Å². The van der Waals surface area contributed by atoms with Crippen LogP contribution in [0.1, 0.15) is 0 Å². The van der Waals surface area contributed by atoms with Crippen LogP contribution in [-0.4, -0.2) is 38.6 Å². The van der Waals surface area contributed by atoms with E-state index in [1.54, 1.807) is 40.6 Å². The van der Waals surface area contributed by atoms with Crippen LogP contribution in [0.5, 0.6) is 23.0 Å². The Bertz CT molecular complexity index is 833. The molecule has 7 heteroatoms. The van der Waals surface area contributed by atoms with Gasteiger partial charge in [0, 0.05) is 11.1 Å². The zero-order valence-corrected chi connectivity index (χ0v) is 14.4. The van der Waals surface area contributed by atoms with E-state index >= 15 is 0 Å². The van der Waals surface area contributed by atoms with Gasteiger partial charge in [0.2, 0.25) is 17.5 Å². The zero-order valence-electron chi connectivity index (χ0n) is 14.4. The first kappa shape index (κ1) is 16.6. The fourth-order valence-corrected chi connectivity index (χ4v) is 2.39. The molecule has 3 rings (SSSR count). The van der Waals surface area contributed by atoms with E-state index in [4.69, 9.17) is 23.4 Å². The molecule has 0 amide bonds. The molecule has 0 aliphatic heterocycles. The smallest absolute Gasteiger partial charge is 0.248 e. The molecular formula is C18H18N2O5. The van der Waals surface area contributed by atoms with Crippen molar-refractivity contribution >= 4 is 0 Å². The summed E-state index contributed by atoms with van der Waals surface area (Å²) in [7, 11) is 6.27. The second-order valence-electron chi connectivity index (χ2n) is 5.05. The van der Waals surface area contributed by atoms with Crippen LogP contribution < -0.4 is 18.9 Å². The highest BCUT2D eigenvalue weighted by Crippen LogP contribution is 2.41. The van der Waals surface area contributed by atoms with E-state index in [1.807, 2.05) is 24.3 Å². The molecule has 7 nitrogen and oxygen atoms in total. The highest BCUT2D eigenvalue weighted by molar-refractivity contribution is 5.66. The van der Waals surface area contributed by atoms with E-state index in [-0.39, 0.29) is 0 Å². The third-order valence-electron chi connectivity index (χ3n) is 3.67. The molecular weight excluding hydrogens is 324 g/mol. The summed E-state index contributed by atoms with van der Waals surface area (Å²) in [5.41, 5.74) is 1.47. The Hall–Kier alpha value is -3.22. The summed E-state index contributed by atoms with van der Waals surface area (Å²) < 4.78 is 26.9. The quantitative estimate of drug-likeness (QED) is 0.679. The minimum Gasteiger partial charge on any atom is -0.497 e. The highest BCUT2D eigenvalue weighted by Gasteiger charge is 2.18. The van der Waals surface area contributed by atoms with Crippen LogP contribution in [0.25, 0.3) is 22.9 Å². The van der Waals surface area contributed by atoms with Crippen molar-refractivity contribution in [3.8, 4) is 45.9 Å². The lowest BCUT2D eigenvalue weighted by molar-refractivity contribution is 0.324. The van der Waals surface area contributed by atoms with Gasteiger partial charge in [0.15, 0.2) is 11.5 Å². The van der Waals surface area contributed by atoms with Crippen molar-refractivity contribution in [1.29, 1.82) is 0 Å². The molecule has 0 radical (unpaired) electrons. The van der Waals surface area contributed by atoms with Crippen molar-refractivity contribution < 1.29 is 23.4 Å². The Kier molecular flexibility index (Phi) is 4.74. The number of ether oxygens (including phenoxy) is 4. The standard InChI is InChI=1S/C18H18N2O5/c1-21-13-7-5-11(6-8-13)17-19-20-18(25-17)12-9-14(22-2)16(24-4)15(10-12)23-3/h5-10H,1-4H3. The number of rotatable bonds is 6. The van der Waals surface area contributed by atoms with Gasteiger partial charge >= 0.3 is 0 Å². The fourth-order valence-electron chi connectivity index (χ4n) is 2.39. The summed E-state index contributed by atoms with van der Waals surface area (Å²) in [5.74, 6) is 3.05. The minimum absolute atomic E-state index is 0.352. The molecule has 0 unspecified atom stereocenters. The van der Waals surface area contributed by atoms with Crippen molar-refractivity contribution in [1.82, 2.24) is 10.2 Å². The molecule has 0 saturated carbocycles. The van der Waals surface area contributed by atoms with Gasteiger partial charge in [-0.3, -0.25) is 0 Å². The molecule has 25 heavy (non-hydrogen) atoms. The van der Waals surface area contributed by atoms with Crippen LogP contribution in [0, 0.1) is 0 Å². The van der Waals surface area contributed by atoms with Gasteiger partial charge in [0.25, 0.3) is 0 Å². The average molecular weight is 342 g/mol. The number of aromatic nitrogens is 2. The number of methoxy groups -OCH3 is 4. The van der Waals surface area contributed by atoms with Crippen molar-refractivity contribution in [3.05, 3.63) is 36.4 Å². The first-order valence-corrected chi connectivity index (χ1v) is 7.48. The van der Waals surface area contributed by atoms with Gasteiger partial charge in [0.1, 0.15) is 5.75 Å². The van der Waals surface area contributed by atoms with Gasteiger partial charge in [-0.2, -0.15) is 0 Å². The first-order chi connectivity index (χ1) is 12.2. The summed E-state index contributed by atoms with van der Waals surface area (Å²) in [5, 5.41) is 8.21.